The summed E-state index contributed by atoms with van der Waals surface area (Å²) in [6, 6.07) is 17.1. The smallest absolute Gasteiger partial charge is 0.326 e. The van der Waals surface area contributed by atoms with Crippen LogP contribution in [0.1, 0.15) is 21.5 Å². The van der Waals surface area contributed by atoms with Gasteiger partial charge >= 0.3 is 5.97 Å². The van der Waals surface area contributed by atoms with Gasteiger partial charge in [-0.05, 0) is 47.5 Å². The Hall–Kier alpha value is -4.30. The molecular formula is C26H22ClN3O5. The van der Waals surface area contributed by atoms with Gasteiger partial charge in [0.1, 0.15) is 11.8 Å². The predicted octanol–water partition coefficient (Wildman–Crippen LogP) is 4.13. The fraction of sp³-hybridized carbons (Fsp3) is 0.115. The van der Waals surface area contributed by atoms with Crippen LogP contribution in [0.25, 0.3) is 10.9 Å². The van der Waals surface area contributed by atoms with Crippen molar-refractivity contribution in [3.05, 3.63) is 94.6 Å². The minimum atomic E-state index is -1.17. The third-order valence-electron chi connectivity index (χ3n) is 5.48. The minimum Gasteiger partial charge on any atom is -0.508 e. The van der Waals surface area contributed by atoms with Gasteiger partial charge in [0, 0.05) is 29.2 Å². The van der Waals surface area contributed by atoms with Gasteiger partial charge in [-0.3, -0.25) is 9.59 Å². The van der Waals surface area contributed by atoms with Gasteiger partial charge in [0.15, 0.2) is 0 Å². The molecule has 5 N–H and O–H groups in total. The third-order valence-corrected chi connectivity index (χ3v) is 5.79. The second-order valence-electron chi connectivity index (χ2n) is 8.02. The number of anilines is 1. The lowest BCUT2D eigenvalue weighted by Gasteiger charge is -2.15. The van der Waals surface area contributed by atoms with Crippen LogP contribution in [0, 0.1) is 0 Å². The average molecular weight is 492 g/mol. The highest BCUT2D eigenvalue weighted by Gasteiger charge is 2.23. The summed E-state index contributed by atoms with van der Waals surface area (Å²) < 4.78 is 0. The number of carbonyl (C=O) groups is 3. The maximum Gasteiger partial charge on any atom is 0.326 e. The zero-order valence-electron chi connectivity index (χ0n) is 18.4. The van der Waals surface area contributed by atoms with Gasteiger partial charge in [0.05, 0.1) is 17.0 Å². The second kappa shape index (κ2) is 10.3. The molecule has 0 aliphatic rings. The molecule has 0 saturated heterocycles. The average Bonchev–Trinajstić information content (AvgIpc) is 3.21. The summed E-state index contributed by atoms with van der Waals surface area (Å²) in [5.41, 5.74) is 2.75. The Labute approximate surface area is 205 Å². The van der Waals surface area contributed by atoms with E-state index in [1.54, 1.807) is 18.3 Å². The molecular weight excluding hydrogens is 470 g/mol. The quantitative estimate of drug-likeness (QED) is 0.253. The van der Waals surface area contributed by atoms with Crippen LogP contribution in [-0.2, 0) is 22.4 Å². The number of amides is 2. The standard InChI is InChI=1S/C26H22ClN3O5/c27-21-13-17(29-24(32)11-15-4-3-5-18(31)10-15)8-9-20(21)25(33)30-23(26(34)35)12-16-14-28-22-7-2-1-6-19(16)22/h1-10,13-14,23,28,31H,11-12H2,(H,29,32)(H,30,33)(H,34,35). The van der Waals surface area contributed by atoms with Gasteiger partial charge in [-0.25, -0.2) is 4.79 Å². The summed E-state index contributed by atoms with van der Waals surface area (Å²) in [6.07, 6.45) is 1.86. The van der Waals surface area contributed by atoms with E-state index in [2.05, 4.69) is 15.6 Å². The van der Waals surface area contributed by atoms with Crippen LogP contribution < -0.4 is 10.6 Å². The Morgan fingerprint density at radius 1 is 1.00 bits per heavy atom. The molecule has 0 radical (unpaired) electrons. The van der Waals surface area contributed by atoms with E-state index in [1.807, 2.05) is 24.3 Å². The number of phenols is 1. The number of hydrogen-bond donors (Lipinski definition) is 5. The monoisotopic (exact) mass is 491 g/mol. The Balaban J connectivity index is 1.42. The lowest BCUT2D eigenvalue weighted by atomic mass is 10.0. The number of carboxylic acid groups (broad SMARTS) is 1. The summed E-state index contributed by atoms with van der Waals surface area (Å²) in [7, 11) is 0. The summed E-state index contributed by atoms with van der Waals surface area (Å²) in [6.45, 7) is 0. The number of fused-ring (bicyclic) bond motifs is 1. The fourth-order valence-electron chi connectivity index (χ4n) is 3.79. The predicted molar refractivity (Wildman–Crippen MR) is 133 cm³/mol. The third kappa shape index (κ3) is 5.80. The highest BCUT2D eigenvalue weighted by Crippen LogP contribution is 2.23. The van der Waals surface area contributed by atoms with Gasteiger partial charge < -0.3 is 25.8 Å². The molecule has 0 aliphatic heterocycles. The molecule has 8 nitrogen and oxygen atoms in total. The van der Waals surface area contributed by atoms with E-state index in [4.69, 9.17) is 11.6 Å². The Morgan fingerprint density at radius 2 is 1.80 bits per heavy atom. The summed E-state index contributed by atoms with van der Waals surface area (Å²) in [5, 5.41) is 25.4. The molecule has 0 saturated carbocycles. The first kappa shape index (κ1) is 23.8. The van der Waals surface area contributed by atoms with E-state index in [9.17, 15) is 24.6 Å². The first-order valence-corrected chi connectivity index (χ1v) is 11.1. The summed E-state index contributed by atoms with van der Waals surface area (Å²) >= 11 is 6.27. The van der Waals surface area contributed by atoms with E-state index in [0.29, 0.717) is 11.3 Å². The zero-order chi connectivity index (χ0) is 24.9. The number of nitrogens with one attached hydrogen (secondary N) is 3. The van der Waals surface area contributed by atoms with E-state index in [1.165, 1.54) is 30.3 Å². The minimum absolute atomic E-state index is 0.0440. The maximum absolute atomic E-state index is 12.8. The molecule has 0 bridgehead atoms. The molecule has 1 atom stereocenters. The molecule has 0 aliphatic carbocycles. The number of aliphatic carboxylic acids is 1. The number of para-hydroxylation sites is 1. The lowest BCUT2D eigenvalue weighted by Crippen LogP contribution is -2.42. The number of H-pyrrole nitrogens is 1. The number of phenolic OH excluding ortho intramolecular Hbond substituents is 1. The molecule has 35 heavy (non-hydrogen) atoms. The number of carbonyl (C=O) groups excluding carboxylic acids is 2. The molecule has 0 spiro atoms. The van der Waals surface area contributed by atoms with Gasteiger partial charge in [-0.2, -0.15) is 0 Å². The number of aromatic nitrogens is 1. The topological polar surface area (TPSA) is 132 Å². The van der Waals surface area contributed by atoms with E-state index in [0.717, 1.165) is 16.5 Å². The molecule has 1 heterocycles. The number of aromatic amines is 1. The number of rotatable bonds is 8. The molecule has 0 fully saturated rings. The fourth-order valence-corrected chi connectivity index (χ4v) is 4.06. The van der Waals surface area contributed by atoms with Gasteiger partial charge in [0.25, 0.3) is 5.91 Å². The Kier molecular flexibility index (Phi) is 7.03. The first-order chi connectivity index (χ1) is 16.8. The summed E-state index contributed by atoms with van der Waals surface area (Å²) in [5.74, 6) is -2.07. The first-order valence-electron chi connectivity index (χ1n) is 10.8. The second-order valence-corrected chi connectivity index (χ2v) is 8.42. The van der Waals surface area contributed by atoms with Crippen LogP contribution >= 0.6 is 11.6 Å². The maximum atomic E-state index is 12.8. The van der Waals surface area contributed by atoms with Gasteiger partial charge in [0.2, 0.25) is 5.91 Å². The molecule has 1 aromatic heterocycles. The van der Waals surface area contributed by atoms with Crippen molar-refractivity contribution in [2.24, 2.45) is 0 Å². The molecule has 2 amide bonds. The van der Waals surface area contributed by atoms with E-state index in [-0.39, 0.29) is 35.1 Å². The van der Waals surface area contributed by atoms with Crippen LogP contribution in [0.15, 0.2) is 72.9 Å². The van der Waals surface area contributed by atoms with Gasteiger partial charge in [-0.15, -0.1) is 0 Å². The molecule has 3 aromatic carbocycles. The number of aromatic hydroxyl groups is 1. The van der Waals surface area contributed by atoms with Crippen LogP contribution in [-0.4, -0.2) is 39.0 Å². The van der Waals surface area contributed by atoms with Crippen LogP contribution in [0.4, 0.5) is 5.69 Å². The largest absolute Gasteiger partial charge is 0.508 e. The van der Waals surface area contributed by atoms with Crippen molar-refractivity contribution in [1.29, 1.82) is 0 Å². The Bertz CT molecular complexity index is 1420. The van der Waals surface area contributed by atoms with Crippen LogP contribution in [0.2, 0.25) is 5.02 Å². The SMILES string of the molecule is O=C(Cc1cccc(O)c1)Nc1ccc(C(=O)NC(Cc2c[nH]c3ccccc23)C(=O)O)c(Cl)c1. The molecule has 4 rings (SSSR count). The van der Waals surface area contributed by atoms with E-state index < -0.39 is 17.9 Å². The number of carboxylic acids is 1. The number of halogens is 1. The molecule has 178 valence electrons. The van der Waals surface area contributed by atoms with Crippen molar-refractivity contribution in [2.75, 3.05) is 5.32 Å². The summed E-state index contributed by atoms with van der Waals surface area (Å²) in [4.78, 5) is 40.0. The number of hydrogen-bond acceptors (Lipinski definition) is 4. The normalized spacial score (nSPS) is 11.7. The van der Waals surface area contributed by atoms with Crippen molar-refractivity contribution in [1.82, 2.24) is 10.3 Å². The van der Waals surface area contributed by atoms with E-state index >= 15 is 0 Å². The van der Waals surface area contributed by atoms with Gasteiger partial charge in [-0.1, -0.05) is 41.9 Å². The molecule has 9 heteroatoms. The molecule has 1 unspecified atom stereocenters. The Morgan fingerprint density at radius 3 is 2.54 bits per heavy atom. The van der Waals surface area contributed by atoms with Crippen LogP contribution in [0.5, 0.6) is 5.75 Å². The van der Waals surface area contributed by atoms with Crippen LogP contribution in [0.3, 0.4) is 0 Å². The van der Waals surface area contributed by atoms with Crippen molar-refractivity contribution in [3.8, 4) is 5.75 Å². The zero-order valence-corrected chi connectivity index (χ0v) is 19.2. The van der Waals surface area contributed by atoms with Crippen molar-refractivity contribution in [3.63, 3.8) is 0 Å². The molecule has 4 aromatic rings. The lowest BCUT2D eigenvalue weighted by molar-refractivity contribution is -0.139. The highest BCUT2D eigenvalue weighted by atomic mass is 35.5. The van der Waals surface area contributed by atoms with Crippen molar-refractivity contribution < 1.29 is 24.6 Å². The highest BCUT2D eigenvalue weighted by molar-refractivity contribution is 6.34. The number of benzene rings is 3. The van der Waals surface area contributed by atoms with Crippen molar-refractivity contribution in [2.45, 2.75) is 18.9 Å². The van der Waals surface area contributed by atoms with Crippen molar-refractivity contribution >= 4 is 46.0 Å².